The van der Waals surface area contributed by atoms with Crippen LogP contribution in [-0.2, 0) is 0 Å². The summed E-state index contributed by atoms with van der Waals surface area (Å²) in [5.41, 5.74) is 6.22. The molecule has 0 bridgehead atoms. The third-order valence-corrected chi connectivity index (χ3v) is 2.25. The molecular weight excluding hydrogens is 160 g/mol. The lowest BCUT2D eigenvalue weighted by Gasteiger charge is -1.87. The third kappa shape index (κ3) is 1.01. The summed E-state index contributed by atoms with van der Waals surface area (Å²) in [4.78, 5) is 4.01. The van der Waals surface area contributed by atoms with Gasteiger partial charge in [0, 0.05) is 6.07 Å². The van der Waals surface area contributed by atoms with Gasteiger partial charge in [0.15, 0.2) is 5.13 Å². The van der Waals surface area contributed by atoms with Crippen molar-refractivity contribution < 1.29 is 5.11 Å². The van der Waals surface area contributed by atoms with Gasteiger partial charge in [-0.2, -0.15) is 0 Å². The number of benzene rings is 1. The van der Waals surface area contributed by atoms with Crippen LogP contribution in [0.3, 0.4) is 0 Å². The Bertz CT molecular complexity index is 396. The first-order valence-electron chi connectivity index (χ1n) is 3.11. The smallest absolute Gasteiger partial charge is 0.181 e. The van der Waals surface area contributed by atoms with Crippen LogP contribution in [0.4, 0.5) is 5.13 Å². The molecule has 4 heteroatoms. The molecule has 0 fully saturated rings. The van der Waals surface area contributed by atoms with E-state index >= 15 is 0 Å². The van der Waals surface area contributed by atoms with Crippen LogP contribution in [0.15, 0.2) is 18.2 Å². The van der Waals surface area contributed by atoms with Crippen molar-refractivity contribution in [2.24, 2.45) is 0 Å². The Labute approximate surface area is 67.1 Å². The monoisotopic (exact) mass is 166 g/mol. The predicted molar refractivity (Wildman–Crippen MR) is 45.7 cm³/mol. The van der Waals surface area contributed by atoms with Crippen molar-refractivity contribution in [2.75, 3.05) is 5.73 Å². The van der Waals surface area contributed by atoms with Crippen LogP contribution in [0.1, 0.15) is 0 Å². The van der Waals surface area contributed by atoms with Crippen molar-refractivity contribution in [1.82, 2.24) is 4.98 Å². The number of thiazole rings is 1. The Morgan fingerprint density at radius 3 is 3.09 bits per heavy atom. The van der Waals surface area contributed by atoms with Gasteiger partial charge in [-0.15, -0.1) is 0 Å². The number of anilines is 1. The number of aromatic nitrogens is 1. The van der Waals surface area contributed by atoms with E-state index < -0.39 is 0 Å². The fraction of sp³-hybridized carbons (Fsp3) is 0. The number of phenols is 1. The van der Waals surface area contributed by atoms with Crippen LogP contribution < -0.4 is 5.73 Å². The number of rotatable bonds is 0. The second-order valence-corrected chi connectivity index (χ2v) is 3.27. The molecule has 0 saturated carbocycles. The first-order valence-corrected chi connectivity index (χ1v) is 3.92. The number of hydrogen-bond donors (Lipinski definition) is 2. The zero-order valence-corrected chi connectivity index (χ0v) is 6.43. The molecular formula is C7H6N2OS. The van der Waals surface area contributed by atoms with Gasteiger partial charge in [-0.05, 0) is 12.1 Å². The number of nitrogens with zero attached hydrogens (tertiary/aromatic N) is 1. The summed E-state index contributed by atoms with van der Waals surface area (Å²) < 4.78 is 1.00. The highest BCUT2D eigenvalue weighted by Gasteiger charge is 1.99. The molecule has 0 amide bonds. The molecule has 0 saturated heterocycles. The van der Waals surface area contributed by atoms with Gasteiger partial charge < -0.3 is 10.8 Å². The Morgan fingerprint density at radius 1 is 1.45 bits per heavy atom. The maximum absolute atomic E-state index is 9.06. The van der Waals surface area contributed by atoms with Gasteiger partial charge in [0.05, 0.1) is 10.2 Å². The Balaban J connectivity index is 2.82. The predicted octanol–water partition coefficient (Wildman–Crippen LogP) is 1.58. The second-order valence-electron chi connectivity index (χ2n) is 2.20. The molecule has 1 aromatic carbocycles. The molecule has 0 aliphatic carbocycles. The minimum Gasteiger partial charge on any atom is -0.508 e. The zero-order valence-electron chi connectivity index (χ0n) is 5.61. The zero-order chi connectivity index (χ0) is 7.84. The summed E-state index contributed by atoms with van der Waals surface area (Å²) in [7, 11) is 0. The second kappa shape index (κ2) is 2.10. The molecule has 56 valence electrons. The van der Waals surface area contributed by atoms with E-state index in [2.05, 4.69) is 4.98 Å². The summed E-state index contributed by atoms with van der Waals surface area (Å²) >= 11 is 1.42. The number of phenolic OH excluding ortho intramolecular Hbond substituents is 1. The topological polar surface area (TPSA) is 59.1 Å². The maximum Gasteiger partial charge on any atom is 0.181 e. The van der Waals surface area contributed by atoms with Gasteiger partial charge in [-0.25, -0.2) is 4.98 Å². The molecule has 0 aliphatic heterocycles. The summed E-state index contributed by atoms with van der Waals surface area (Å²) in [6.07, 6.45) is 0. The number of aromatic hydroxyl groups is 1. The molecule has 1 heterocycles. The van der Waals surface area contributed by atoms with E-state index in [1.54, 1.807) is 18.2 Å². The van der Waals surface area contributed by atoms with E-state index in [0.29, 0.717) is 5.13 Å². The number of nitrogen functional groups attached to an aromatic ring is 1. The lowest BCUT2D eigenvalue weighted by molar-refractivity contribution is 0.476. The van der Waals surface area contributed by atoms with Gasteiger partial charge in [-0.3, -0.25) is 0 Å². The standard InChI is InChI=1S/C7H6N2OS/c8-7-9-5-3-4(10)1-2-6(5)11-7/h1-3,10H,(H2,8,9). The fourth-order valence-corrected chi connectivity index (χ4v) is 1.65. The average Bonchev–Trinajstić information content (AvgIpc) is 2.27. The van der Waals surface area contributed by atoms with Crippen LogP contribution >= 0.6 is 11.3 Å². The lowest BCUT2D eigenvalue weighted by Crippen LogP contribution is -1.78. The molecule has 1 aromatic heterocycles. The molecule has 0 atom stereocenters. The Hall–Kier alpha value is -1.29. The van der Waals surface area contributed by atoms with Crippen LogP contribution in [0.2, 0.25) is 0 Å². The van der Waals surface area contributed by atoms with Crippen molar-refractivity contribution in [1.29, 1.82) is 0 Å². The lowest BCUT2D eigenvalue weighted by atomic mass is 10.3. The summed E-state index contributed by atoms with van der Waals surface area (Å²) in [6, 6.07) is 5.03. The summed E-state index contributed by atoms with van der Waals surface area (Å²) in [5.74, 6) is 0.225. The number of nitrogens with two attached hydrogens (primary N) is 1. The first-order chi connectivity index (χ1) is 5.25. The molecule has 3 N–H and O–H groups in total. The highest BCUT2D eigenvalue weighted by atomic mass is 32.1. The van der Waals surface area contributed by atoms with E-state index in [1.165, 1.54) is 11.3 Å². The molecule has 0 radical (unpaired) electrons. The fourth-order valence-electron chi connectivity index (χ4n) is 0.934. The minimum atomic E-state index is 0.225. The van der Waals surface area contributed by atoms with Crippen molar-refractivity contribution in [3.05, 3.63) is 18.2 Å². The van der Waals surface area contributed by atoms with Gasteiger partial charge in [0.25, 0.3) is 0 Å². The van der Waals surface area contributed by atoms with Gasteiger partial charge >= 0.3 is 0 Å². The minimum absolute atomic E-state index is 0.225. The van der Waals surface area contributed by atoms with Crippen molar-refractivity contribution in [3.8, 4) is 5.75 Å². The van der Waals surface area contributed by atoms with E-state index in [4.69, 9.17) is 10.8 Å². The van der Waals surface area contributed by atoms with Crippen molar-refractivity contribution in [2.45, 2.75) is 0 Å². The average molecular weight is 166 g/mol. The van der Waals surface area contributed by atoms with E-state index in [-0.39, 0.29) is 5.75 Å². The molecule has 0 unspecified atom stereocenters. The SMILES string of the molecule is Nc1nc2cc(O)ccc2s1. The highest BCUT2D eigenvalue weighted by molar-refractivity contribution is 7.22. The van der Waals surface area contributed by atoms with E-state index in [1.807, 2.05) is 0 Å². The largest absolute Gasteiger partial charge is 0.508 e. The molecule has 2 rings (SSSR count). The summed E-state index contributed by atoms with van der Waals surface area (Å²) in [6.45, 7) is 0. The van der Waals surface area contributed by atoms with Crippen molar-refractivity contribution >= 4 is 26.7 Å². The first kappa shape index (κ1) is 6.42. The van der Waals surface area contributed by atoms with Gasteiger partial charge in [-0.1, -0.05) is 11.3 Å². The molecule has 3 nitrogen and oxygen atoms in total. The maximum atomic E-state index is 9.06. The van der Waals surface area contributed by atoms with Gasteiger partial charge in [0.2, 0.25) is 0 Å². The highest BCUT2D eigenvalue weighted by Crippen LogP contribution is 2.26. The van der Waals surface area contributed by atoms with Crippen LogP contribution in [0.5, 0.6) is 5.75 Å². The third-order valence-electron chi connectivity index (χ3n) is 1.39. The van der Waals surface area contributed by atoms with Crippen LogP contribution in [-0.4, -0.2) is 10.1 Å². The Kier molecular flexibility index (Phi) is 1.22. The molecule has 0 spiro atoms. The number of fused-ring (bicyclic) bond motifs is 1. The molecule has 0 aliphatic rings. The summed E-state index contributed by atoms with van der Waals surface area (Å²) in [5, 5.41) is 9.60. The van der Waals surface area contributed by atoms with E-state index in [0.717, 1.165) is 10.2 Å². The normalized spacial score (nSPS) is 10.5. The Morgan fingerprint density at radius 2 is 2.27 bits per heavy atom. The van der Waals surface area contributed by atoms with Crippen LogP contribution in [0, 0.1) is 0 Å². The van der Waals surface area contributed by atoms with Gasteiger partial charge in [0.1, 0.15) is 5.75 Å². The van der Waals surface area contributed by atoms with Crippen LogP contribution in [0.25, 0.3) is 10.2 Å². The number of hydrogen-bond acceptors (Lipinski definition) is 4. The van der Waals surface area contributed by atoms with Crippen molar-refractivity contribution in [3.63, 3.8) is 0 Å². The quantitative estimate of drug-likeness (QED) is 0.624. The van der Waals surface area contributed by atoms with E-state index in [9.17, 15) is 0 Å². The molecule has 11 heavy (non-hydrogen) atoms. The molecule has 2 aromatic rings.